The van der Waals surface area contributed by atoms with Crippen LogP contribution in [0, 0.1) is 0 Å². The molecule has 96 valence electrons. The molecule has 6 nitrogen and oxygen atoms in total. The maximum Gasteiger partial charge on any atom is 0.255 e. The first-order valence-electron chi connectivity index (χ1n) is 5.28. The van der Waals surface area contributed by atoms with E-state index in [9.17, 15) is 14.4 Å². The summed E-state index contributed by atoms with van der Waals surface area (Å²) in [7, 11) is 0. The molecule has 0 saturated heterocycles. The lowest BCUT2D eigenvalue weighted by Crippen LogP contribution is -2.20. The molecule has 0 radical (unpaired) electrons. The monoisotopic (exact) mass is 250 g/mol. The van der Waals surface area contributed by atoms with Crippen LogP contribution >= 0.6 is 0 Å². The van der Waals surface area contributed by atoms with E-state index in [2.05, 4.69) is 5.32 Å². The van der Waals surface area contributed by atoms with E-state index in [-0.39, 0.29) is 18.8 Å². The zero-order valence-corrected chi connectivity index (χ0v) is 9.93. The predicted molar refractivity (Wildman–Crippen MR) is 65.1 cm³/mol. The summed E-state index contributed by atoms with van der Waals surface area (Å²) in [6.07, 6.45) is -0.174. The number of nitrogens with two attached hydrogens (primary N) is 1. The van der Waals surface area contributed by atoms with Crippen LogP contribution in [0.4, 0.5) is 5.69 Å². The van der Waals surface area contributed by atoms with Crippen LogP contribution in [0.3, 0.4) is 0 Å². The number of nitrogens with one attached hydrogen (secondary N) is 1. The summed E-state index contributed by atoms with van der Waals surface area (Å²) >= 11 is 0. The van der Waals surface area contributed by atoms with Crippen molar-refractivity contribution in [1.82, 2.24) is 0 Å². The summed E-state index contributed by atoms with van der Waals surface area (Å²) in [5.74, 6) is -0.779. The molecule has 0 spiro atoms. The quantitative estimate of drug-likeness (QED) is 0.717. The standard InChI is InChI=1S/C12H14N2O4/c1-8(15)5-12(17)14-9-3-2-4-10(6-9)18-7-11(13)16/h2-4,6H,5,7H2,1H3,(H2,13,16)(H,14,17). The minimum Gasteiger partial charge on any atom is -0.484 e. The van der Waals surface area contributed by atoms with Crippen molar-refractivity contribution < 1.29 is 19.1 Å². The van der Waals surface area contributed by atoms with Gasteiger partial charge in [-0.1, -0.05) is 6.07 Å². The van der Waals surface area contributed by atoms with Gasteiger partial charge in [0.05, 0.1) is 6.42 Å². The third-order valence-electron chi connectivity index (χ3n) is 1.91. The predicted octanol–water partition coefficient (Wildman–Crippen LogP) is 0.468. The molecule has 1 aromatic rings. The van der Waals surface area contributed by atoms with Gasteiger partial charge in [0.2, 0.25) is 5.91 Å². The third kappa shape index (κ3) is 5.11. The van der Waals surface area contributed by atoms with Gasteiger partial charge < -0.3 is 15.8 Å². The zero-order valence-electron chi connectivity index (χ0n) is 9.93. The Balaban J connectivity index is 2.61. The molecule has 0 aliphatic carbocycles. The highest BCUT2D eigenvalue weighted by Crippen LogP contribution is 2.17. The molecule has 3 N–H and O–H groups in total. The lowest BCUT2D eigenvalue weighted by Gasteiger charge is -2.07. The van der Waals surface area contributed by atoms with Crippen LogP contribution in [0.15, 0.2) is 24.3 Å². The van der Waals surface area contributed by atoms with E-state index in [0.29, 0.717) is 11.4 Å². The SMILES string of the molecule is CC(=O)CC(=O)Nc1cccc(OCC(N)=O)c1. The Morgan fingerprint density at radius 1 is 1.33 bits per heavy atom. The molecule has 0 heterocycles. The summed E-state index contributed by atoms with van der Waals surface area (Å²) in [5.41, 5.74) is 5.43. The van der Waals surface area contributed by atoms with E-state index in [1.807, 2.05) is 0 Å². The second-order valence-electron chi connectivity index (χ2n) is 3.71. The Morgan fingerprint density at radius 2 is 2.06 bits per heavy atom. The van der Waals surface area contributed by atoms with Gasteiger partial charge in [-0.05, 0) is 19.1 Å². The molecule has 0 unspecified atom stereocenters. The van der Waals surface area contributed by atoms with Gasteiger partial charge in [0, 0.05) is 11.8 Å². The van der Waals surface area contributed by atoms with Crippen molar-refractivity contribution in [2.45, 2.75) is 13.3 Å². The highest BCUT2D eigenvalue weighted by molar-refractivity contribution is 6.03. The summed E-state index contributed by atoms with van der Waals surface area (Å²) in [6, 6.07) is 6.47. The highest BCUT2D eigenvalue weighted by Gasteiger charge is 2.06. The number of primary amides is 1. The number of Topliss-reactive ketones (excluding diaryl/α,β-unsaturated/α-hetero) is 1. The number of hydrogen-bond donors (Lipinski definition) is 2. The Labute approximate surface area is 104 Å². The van der Waals surface area contributed by atoms with Gasteiger partial charge in [-0.2, -0.15) is 0 Å². The van der Waals surface area contributed by atoms with E-state index < -0.39 is 11.8 Å². The van der Waals surface area contributed by atoms with E-state index in [1.54, 1.807) is 24.3 Å². The van der Waals surface area contributed by atoms with Crippen molar-refractivity contribution in [1.29, 1.82) is 0 Å². The smallest absolute Gasteiger partial charge is 0.255 e. The summed E-state index contributed by atoms with van der Waals surface area (Å²) in [5, 5.41) is 2.55. The molecular weight excluding hydrogens is 236 g/mol. The first kappa shape index (κ1) is 13.7. The number of carbonyl (C=O) groups excluding carboxylic acids is 3. The van der Waals surface area contributed by atoms with Crippen LogP contribution < -0.4 is 15.8 Å². The van der Waals surface area contributed by atoms with Gasteiger partial charge >= 0.3 is 0 Å². The van der Waals surface area contributed by atoms with Gasteiger partial charge in [-0.25, -0.2) is 0 Å². The second-order valence-corrected chi connectivity index (χ2v) is 3.71. The minimum absolute atomic E-state index is 0.174. The lowest BCUT2D eigenvalue weighted by atomic mass is 10.2. The van der Waals surface area contributed by atoms with E-state index in [0.717, 1.165) is 0 Å². The maximum atomic E-state index is 11.4. The molecule has 0 aliphatic heterocycles. The van der Waals surface area contributed by atoms with E-state index in [1.165, 1.54) is 6.92 Å². The number of rotatable bonds is 6. The average Bonchev–Trinajstić information content (AvgIpc) is 2.25. The minimum atomic E-state index is -0.582. The number of amides is 2. The summed E-state index contributed by atoms with van der Waals surface area (Å²) in [6.45, 7) is 1.11. The maximum absolute atomic E-state index is 11.4. The highest BCUT2D eigenvalue weighted by atomic mass is 16.5. The van der Waals surface area contributed by atoms with Crippen LogP contribution in [0.2, 0.25) is 0 Å². The topological polar surface area (TPSA) is 98.5 Å². The van der Waals surface area contributed by atoms with Crippen LogP contribution in [-0.4, -0.2) is 24.2 Å². The normalized spacial score (nSPS) is 9.61. The molecular formula is C12H14N2O4. The van der Waals surface area contributed by atoms with Crippen molar-refractivity contribution in [2.75, 3.05) is 11.9 Å². The number of carbonyl (C=O) groups is 3. The first-order chi connectivity index (χ1) is 8.47. The molecule has 0 atom stereocenters. The van der Waals surface area contributed by atoms with Crippen molar-refractivity contribution in [3.05, 3.63) is 24.3 Å². The lowest BCUT2D eigenvalue weighted by molar-refractivity contribution is -0.124. The second kappa shape index (κ2) is 6.39. The van der Waals surface area contributed by atoms with Gasteiger partial charge in [0.15, 0.2) is 6.61 Å². The molecule has 0 saturated carbocycles. The molecule has 6 heteroatoms. The van der Waals surface area contributed by atoms with Crippen molar-refractivity contribution in [2.24, 2.45) is 5.73 Å². The first-order valence-corrected chi connectivity index (χ1v) is 5.28. The number of anilines is 1. The van der Waals surface area contributed by atoms with E-state index in [4.69, 9.17) is 10.5 Å². The fourth-order valence-corrected chi connectivity index (χ4v) is 1.25. The number of ether oxygens (including phenoxy) is 1. The number of benzene rings is 1. The fourth-order valence-electron chi connectivity index (χ4n) is 1.25. The Kier molecular flexibility index (Phi) is 4.86. The van der Waals surface area contributed by atoms with Crippen molar-refractivity contribution >= 4 is 23.3 Å². The number of hydrogen-bond acceptors (Lipinski definition) is 4. The largest absolute Gasteiger partial charge is 0.484 e. The van der Waals surface area contributed by atoms with E-state index >= 15 is 0 Å². The van der Waals surface area contributed by atoms with Crippen LogP contribution in [-0.2, 0) is 14.4 Å². The molecule has 1 aromatic carbocycles. The van der Waals surface area contributed by atoms with Gasteiger partial charge in [-0.3, -0.25) is 14.4 Å². The van der Waals surface area contributed by atoms with Gasteiger partial charge in [0.1, 0.15) is 11.5 Å². The Hall–Kier alpha value is -2.37. The van der Waals surface area contributed by atoms with Crippen LogP contribution in [0.25, 0.3) is 0 Å². The third-order valence-corrected chi connectivity index (χ3v) is 1.91. The van der Waals surface area contributed by atoms with Crippen LogP contribution in [0.1, 0.15) is 13.3 Å². The van der Waals surface area contributed by atoms with Crippen molar-refractivity contribution in [3.63, 3.8) is 0 Å². The van der Waals surface area contributed by atoms with Crippen molar-refractivity contribution in [3.8, 4) is 5.75 Å². The number of ketones is 1. The molecule has 0 aliphatic rings. The van der Waals surface area contributed by atoms with Gasteiger partial charge in [0.25, 0.3) is 5.91 Å². The molecule has 0 bridgehead atoms. The summed E-state index contributed by atoms with van der Waals surface area (Å²) in [4.78, 5) is 32.7. The molecule has 1 rings (SSSR count). The average molecular weight is 250 g/mol. The van der Waals surface area contributed by atoms with Crippen LogP contribution in [0.5, 0.6) is 5.75 Å². The zero-order chi connectivity index (χ0) is 13.5. The van der Waals surface area contributed by atoms with Gasteiger partial charge in [-0.15, -0.1) is 0 Å². The molecule has 2 amide bonds. The molecule has 18 heavy (non-hydrogen) atoms. The Morgan fingerprint density at radius 3 is 2.67 bits per heavy atom. The molecule has 0 fully saturated rings. The Bertz CT molecular complexity index is 471. The fraction of sp³-hybridized carbons (Fsp3) is 0.250. The molecule has 0 aromatic heterocycles. The summed E-state index contributed by atoms with van der Waals surface area (Å²) < 4.78 is 5.08.